The molecule has 0 aliphatic heterocycles. The summed E-state index contributed by atoms with van der Waals surface area (Å²) < 4.78 is 42.9. The van der Waals surface area contributed by atoms with Gasteiger partial charge in [-0.05, 0) is 12.1 Å². The van der Waals surface area contributed by atoms with Gasteiger partial charge in [0, 0.05) is 12.1 Å². The summed E-state index contributed by atoms with van der Waals surface area (Å²) in [6.45, 7) is -0.551. The van der Waals surface area contributed by atoms with Crippen LogP contribution < -0.4 is 5.73 Å². The Hall–Kier alpha value is -1.38. The second-order valence-electron chi connectivity index (χ2n) is 3.64. The predicted molar refractivity (Wildman–Crippen MR) is 67.7 cm³/mol. The molecule has 1 aromatic carbocycles. The Balaban J connectivity index is 3.24. The zero-order valence-electron chi connectivity index (χ0n) is 10.2. The topological polar surface area (TPSA) is 89.7 Å². The normalized spacial score (nSPS) is 11.6. The first-order chi connectivity index (χ1) is 8.70. The van der Waals surface area contributed by atoms with Crippen LogP contribution in [-0.4, -0.2) is 39.4 Å². The van der Waals surface area contributed by atoms with Crippen molar-refractivity contribution in [2.45, 2.75) is 4.90 Å². The minimum Gasteiger partial charge on any atom is -0.468 e. The van der Waals surface area contributed by atoms with Crippen molar-refractivity contribution in [3.8, 4) is 0 Å². The van der Waals surface area contributed by atoms with Crippen LogP contribution in [0.2, 0.25) is 5.02 Å². The van der Waals surface area contributed by atoms with E-state index in [9.17, 15) is 17.6 Å². The van der Waals surface area contributed by atoms with E-state index in [2.05, 4.69) is 4.74 Å². The van der Waals surface area contributed by atoms with E-state index in [1.54, 1.807) is 0 Å². The number of halogens is 2. The van der Waals surface area contributed by atoms with Gasteiger partial charge in [0.2, 0.25) is 10.0 Å². The highest BCUT2D eigenvalue weighted by molar-refractivity contribution is 7.89. The molecule has 0 fully saturated rings. The van der Waals surface area contributed by atoms with Crippen molar-refractivity contribution in [2.75, 3.05) is 26.4 Å². The van der Waals surface area contributed by atoms with E-state index in [1.807, 2.05) is 0 Å². The molecule has 0 spiro atoms. The number of nitrogen functional groups attached to an aromatic ring is 1. The number of methoxy groups -OCH3 is 1. The van der Waals surface area contributed by atoms with Gasteiger partial charge in [0.15, 0.2) is 5.82 Å². The van der Waals surface area contributed by atoms with Gasteiger partial charge in [0.05, 0.1) is 12.8 Å². The first-order valence-electron chi connectivity index (χ1n) is 4.97. The third kappa shape index (κ3) is 3.34. The molecule has 0 unspecified atom stereocenters. The van der Waals surface area contributed by atoms with Crippen molar-refractivity contribution in [3.63, 3.8) is 0 Å². The number of nitrogens with zero attached hydrogens (tertiary/aromatic N) is 1. The Bertz CT molecular complexity index is 606. The maximum atomic E-state index is 13.8. The van der Waals surface area contributed by atoms with Crippen LogP contribution in [0.5, 0.6) is 0 Å². The smallest absolute Gasteiger partial charge is 0.321 e. The molecule has 0 aromatic heterocycles. The van der Waals surface area contributed by atoms with Crippen molar-refractivity contribution >= 4 is 33.3 Å². The largest absolute Gasteiger partial charge is 0.468 e. The summed E-state index contributed by atoms with van der Waals surface area (Å²) in [5.74, 6) is -1.89. The summed E-state index contributed by atoms with van der Waals surface area (Å²) in [6, 6.07) is 2.02. The van der Waals surface area contributed by atoms with E-state index in [0.717, 1.165) is 26.3 Å². The predicted octanol–water partition coefficient (Wildman–Crippen LogP) is 0.855. The maximum Gasteiger partial charge on any atom is 0.321 e. The summed E-state index contributed by atoms with van der Waals surface area (Å²) in [4.78, 5) is 10.4. The highest BCUT2D eigenvalue weighted by Gasteiger charge is 2.28. The van der Waals surface area contributed by atoms with E-state index in [0.29, 0.717) is 4.31 Å². The van der Waals surface area contributed by atoms with E-state index < -0.39 is 38.9 Å². The summed E-state index contributed by atoms with van der Waals surface area (Å²) in [5.41, 5.74) is 4.92. The van der Waals surface area contributed by atoms with E-state index in [4.69, 9.17) is 17.3 Å². The monoisotopic (exact) mass is 310 g/mol. The second-order valence-corrected chi connectivity index (χ2v) is 6.09. The van der Waals surface area contributed by atoms with Crippen LogP contribution in [0.4, 0.5) is 10.1 Å². The van der Waals surface area contributed by atoms with E-state index in [1.165, 1.54) is 0 Å². The molecule has 6 nitrogen and oxygen atoms in total. The van der Waals surface area contributed by atoms with E-state index >= 15 is 0 Å². The molecular formula is C10H12ClFN2O4S. The number of esters is 1. The quantitative estimate of drug-likeness (QED) is 0.658. The van der Waals surface area contributed by atoms with Crippen molar-refractivity contribution in [3.05, 3.63) is 23.0 Å². The number of hydrogen-bond acceptors (Lipinski definition) is 5. The standard InChI is InChI=1S/C10H12ClFN2O4S/c1-14(5-9(15)18-2)19(16,17)8-4-6(11)3-7(13)10(8)12/h3-4H,5,13H2,1-2H3. The fourth-order valence-corrected chi connectivity index (χ4v) is 2.79. The molecule has 0 saturated carbocycles. The molecule has 0 atom stereocenters. The highest BCUT2D eigenvalue weighted by Crippen LogP contribution is 2.27. The third-order valence-corrected chi connectivity index (χ3v) is 4.32. The molecule has 0 saturated heterocycles. The molecule has 0 amide bonds. The van der Waals surface area contributed by atoms with Crippen LogP contribution in [0.25, 0.3) is 0 Å². The van der Waals surface area contributed by atoms with Gasteiger partial charge in [-0.3, -0.25) is 4.79 Å². The van der Waals surface area contributed by atoms with Crippen LogP contribution in [0, 0.1) is 5.82 Å². The van der Waals surface area contributed by atoms with Gasteiger partial charge in [-0.1, -0.05) is 11.6 Å². The minimum absolute atomic E-state index is 0.0241. The van der Waals surface area contributed by atoms with Gasteiger partial charge < -0.3 is 10.5 Å². The number of carbonyl (C=O) groups is 1. The highest BCUT2D eigenvalue weighted by atomic mass is 35.5. The molecule has 9 heteroatoms. The van der Waals surface area contributed by atoms with Gasteiger partial charge in [-0.2, -0.15) is 4.31 Å². The van der Waals surface area contributed by atoms with Crippen LogP contribution >= 0.6 is 11.6 Å². The molecule has 1 aromatic rings. The molecule has 2 N–H and O–H groups in total. The lowest BCUT2D eigenvalue weighted by molar-refractivity contribution is -0.140. The zero-order chi connectivity index (χ0) is 14.8. The lowest BCUT2D eigenvalue weighted by atomic mass is 10.3. The lowest BCUT2D eigenvalue weighted by Gasteiger charge is -2.17. The van der Waals surface area contributed by atoms with Crippen LogP contribution in [0.1, 0.15) is 0 Å². The molecule has 0 aliphatic carbocycles. The number of sulfonamides is 1. The average Bonchev–Trinajstić information content (AvgIpc) is 2.33. The molecule has 0 heterocycles. The Morgan fingerprint density at radius 1 is 1.53 bits per heavy atom. The fourth-order valence-electron chi connectivity index (χ4n) is 1.27. The van der Waals surface area contributed by atoms with Crippen molar-refractivity contribution in [2.24, 2.45) is 0 Å². The van der Waals surface area contributed by atoms with Gasteiger partial charge >= 0.3 is 5.97 Å². The second kappa shape index (κ2) is 5.72. The van der Waals surface area contributed by atoms with Crippen molar-refractivity contribution in [1.82, 2.24) is 4.31 Å². The number of benzene rings is 1. The Kier molecular flexibility index (Phi) is 4.72. The van der Waals surface area contributed by atoms with Crippen LogP contribution in [0.3, 0.4) is 0 Å². The maximum absolute atomic E-state index is 13.8. The molecule has 1 rings (SSSR count). The molecule has 106 valence electrons. The summed E-state index contributed by atoms with van der Waals surface area (Å²) in [6.07, 6.45) is 0. The summed E-state index contributed by atoms with van der Waals surface area (Å²) in [7, 11) is -2.00. The molecule has 19 heavy (non-hydrogen) atoms. The first kappa shape index (κ1) is 15.7. The van der Waals surface area contributed by atoms with Crippen LogP contribution in [-0.2, 0) is 19.6 Å². The van der Waals surface area contributed by atoms with Gasteiger partial charge in [-0.25, -0.2) is 12.8 Å². The molecule has 0 bridgehead atoms. The van der Waals surface area contributed by atoms with Crippen LogP contribution in [0.15, 0.2) is 17.0 Å². The zero-order valence-corrected chi connectivity index (χ0v) is 11.8. The van der Waals surface area contributed by atoms with E-state index in [-0.39, 0.29) is 5.02 Å². The summed E-state index contributed by atoms with van der Waals surface area (Å²) in [5, 5.41) is -0.0241. The lowest BCUT2D eigenvalue weighted by Crippen LogP contribution is -2.33. The average molecular weight is 311 g/mol. The molecule has 0 radical (unpaired) electrons. The van der Waals surface area contributed by atoms with Crippen molar-refractivity contribution in [1.29, 1.82) is 0 Å². The van der Waals surface area contributed by atoms with Gasteiger partial charge in [-0.15, -0.1) is 0 Å². The molecular weight excluding hydrogens is 299 g/mol. The van der Waals surface area contributed by atoms with Gasteiger partial charge in [0.1, 0.15) is 11.4 Å². The number of likely N-dealkylation sites (N-methyl/N-ethyl adjacent to an activating group) is 1. The number of ether oxygens (including phenoxy) is 1. The third-order valence-electron chi connectivity index (χ3n) is 2.30. The molecule has 0 aliphatic rings. The SMILES string of the molecule is COC(=O)CN(C)S(=O)(=O)c1cc(Cl)cc(N)c1F. The fraction of sp³-hybridized carbons (Fsp3) is 0.300. The number of nitrogens with two attached hydrogens (primary N) is 1. The first-order valence-corrected chi connectivity index (χ1v) is 6.79. The number of hydrogen-bond donors (Lipinski definition) is 1. The minimum atomic E-state index is -4.23. The number of anilines is 1. The summed E-state index contributed by atoms with van der Waals surface area (Å²) >= 11 is 5.64. The Morgan fingerprint density at radius 2 is 2.11 bits per heavy atom. The Morgan fingerprint density at radius 3 is 2.63 bits per heavy atom. The number of rotatable bonds is 4. The van der Waals surface area contributed by atoms with Crippen molar-refractivity contribution < 1.29 is 22.3 Å². The van der Waals surface area contributed by atoms with Gasteiger partial charge in [0.25, 0.3) is 0 Å². The number of carbonyl (C=O) groups excluding carboxylic acids is 1. The Labute approximate surface area is 114 Å².